The fourth-order valence-corrected chi connectivity index (χ4v) is 7.51. The maximum atomic E-state index is 14.3. The molecule has 248 valence electrons. The summed E-state index contributed by atoms with van der Waals surface area (Å²) in [6.45, 7) is 4.62. The van der Waals surface area contributed by atoms with Gasteiger partial charge in [-0.2, -0.15) is 0 Å². The molecular weight excluding hydrogens is 603 g/mol. The largest absolute Gasteiger partial charge is 0.496 e. The topological polar surface area (TPSA) is 77.6 Å². The molecule has 2 aromatic heterocycles. The maximum Gasteiger partial charge on any atom is 0.229 e. The van der Waals surface area contributed by atoms with Crippen LogP contribution in [0, 0.1) is 11.2 Å². The molecule has 0 radical (unpaired) electrons. The van der Waals surface area contributed by atoms with E-state index in [-0.39, 0.29) is 11.7 Å². The van der Waals surface area contributed by atoms with Crippen molar-refractivity contribution in [3.63, 3.8) is 0 Å². The van der Waals surface area contributed by atoms with E-state index in [0.29, 0.717) is 32.1 Å². The van der Waals surface area contributed by atoms with E-state index in [4.69, 9.17) is 9.72 Å². The van der Waals surface area contributed by atoms with Crippen molar-refractivity contribution in [2.75, 3.05) is 38.2 Å². The minimum absolute atomic E-state index is 0.180. The molecule has 1 unspecified atom stereocenters. The smallest absolute Gasteiger partial charge is 0.229 e. The third-order valence-corrected chi connectivity index (χ3v) is 10.2. The van der Waals surface area contributed by atoms with Gasteiger partial charge in [-0.3, -0.25) is 9.78 Å². The molecule has 2 aliphatic heterocycles. The number of pyridine rings is 1. The van der Waals surface area contributed by atoms with Gasteiger partial charge in [-0.15, -0.1) is 0 Å². The Bertz CT molecular complexity index is 1790. The van der Waals surface area contributed by atoms with E-state index in [0.717, 1.165) is 84.9 Å². The zero-order valence-corrected chi connectivity index (χ0v) is 27.5. The summed E-state index contributed by atoms with van der Waals surface area (Å²) in [5.41, 5.74) is 4.48. The third-order valence-electron chi connectivity index (χ3n) is 10.2. The average Bonchev–Trinajstić information content (AvgIpc) is 3.69. The molecule has 9 heteroatoms. The highest BCUT2D eigenvalue weighted by atomic mass is 19.1. The number of carbonyl (C=O) groups excluding carboxylic acids is 1. The van der Waals surface area contributed by atoms with Gasteiger partial charge in [0.05, 0.1) is 35.8 Å². The number of fused-ring (bicyclic) bond motifs is 1. The van der Waals surface area contributed by atoms with Gasteiger partial charge in [-0.25, -0.2) is 9.37 Å². The van der Waals surface area contributed by atoms with Crippen molar-refractivity contribution in [2.45, 2.75) is 51.2 Å². The number of likely N-dealkylation sites (tertiary alicyclic amines) is 2. The van der Waals surface area contributed by atoms with Crippen molar-refractivity contribution in [2.24, 2.45) is 5.41 Å². The predicted molar refractivity (Wildman–Crippen MR) is 186 cm³/mol. The summed E-state index contributed by atoms with van der Waals surface area (Å²) in [5, 5.41) is 0. The minimum atomic E-state index is -0.532. The second-order valence-corrected chi connectivity index (χ2v) is 13.2. The molecule has 5 aromatic rings. The highest BCUT2D eigenvalue weighted by Crippen LogP contribution is 2.41. The second kappa shape index (κ2) is 14.2. The summed E-state index contributed by atoms with van der Waals surface area (Å²) in [5.74, 6) is 1.60. The first-order valence-corrected chi connectivity index (χ1v) is 17.0. The molecule has 1 N–H and O–H groups in total. The molecule has 3 aromatic carbocycles. The Morgan fingerprint density at radius 1 is 0.958 bits per heavy atom. The first kappa shape index (κ1) is 31.8. The summed E-state index contributed by atoms with van der Waals surface area (Å²) in [7, 11) is 1.67. The van der Waals surface area contributed by atoms with Crippen molar-refractivity contribution >= 4 is 22.9 Å². The van der Waals surface area contributed by atoms with Crippen LogP contribution in [0.15, 0.2) is 97.2 Å². The van der Waals surface area contributed by atoms with Crippen LogP contribution in [0.25, 0.3) is 11.0 Å². The number of para-hydroxylation sites is 3. The monoisotopic (exact) mass is 646 g/mol. The van der Waals surface area contributed by atoms with Gasteiger partial charge in [0, 0.05) is 44.0 Å². The van der Waals surface area contributed by atoms with Gasteiger partial charge in [0.1, 0.15) is 11.6 Å². The van der Waals surface area contributed by atoms with E-state index in [1.165, 1.54) is 12.1 Å². The number of aromatic nitrogens is 3. The lowest BCUT2D eigenvalue weighted by molar-refractivity contribution is -0.137. The van der Waals surface area contributed by atoms with Crippen LogP contribution in [0.2, 0.25) is 0 Å². The molecule has 0 saturated carbocycles. The van der Waals surface area contributed by atoms with Crippen LogP contribution in [-0.4, -0.2) is 70.0 Å². The molecule has 48 heavy (non-hydrogen) atoms. The van der Waals surface area contributed by atoms with Gasteiger partial charge in [-0.05, 0) is 86.7 Å². The molecular formula is C39H43FN6O2. The number of piperidine rings is 1. The van der Waals surface area contributed by atoms with Crippen LogP contribution in [0.4, 0.5) is 10.3 Å². The molecule has 2 fully saturated rings. The van der Waals surface area contributed by atoms with Gasteiger partial charge in [0.15, 0.2) is 0 Å². The van der Waals surface area contributed by atoms with Crippen LogP contribution in [0.5, 0.6) is 5.75 Å². The average molecular weight is 647 g/mol. The Hall–Kier alpha value is -4.76. The lowest BCUT2D eigenvalue weighted by Gasteiger charge is -2.39. The van der Waals surface area contributed by atoms with E-state index in [9.17, 15) is 9.18 Å². The van der Waals surface area contributed by atoms with Crippen molar-refractivity contribution in [1.29, 1.82) is 0 Å². The molecule has 0 spiro atoms. The number of rotatable bonds is 12. The number of imidazole rings is 1. The highest BCUT2D eigenvalue weighted by molar-refractivity contribution is 5.85. The van der Waals surface area contributed by atoms with Crippen LogP contribution >= 0.6 is 0 Å². The second-order valence-electron chi connectivity index (χ2n) is 13.2. The fourth-order valence-electron chi connectivity index (χ4n) is 7.51. The van der Waals surface area contributed by atoms with E-state index in [2.05, 4.69) is 31.9 Å². The number of anilines is 1. The number of hydrogen-bond donors (Lipinski definition) is 1. The number of aromatic amines is 1. The summed E-state index contributed by atoms with van der Waals surface area (Å²) in [4.78, 5) is 34.3. The number of nitrogens with zero attached hydrogens (tertiary/aromatic N) is 5. The number of methoxy groups -OCH3 is 1. The van der Waals surface area contributed by atoms with Gasteiger partial charge >= 0.3 is 0 Å². The molecule has 0 bridgehead atoms. The van der Waals surface area contributed by atoms with Crippen molar-refractivity contribution in [3.05, 3.63) is 120 Å². The number of hydrogen-bond acceptors (Lipinski definition) is 6. The summed E-state index contributed by atoms with van der Waals surface area (Å²) >= 11 is 0. The summed E-state index contributed by atoms with van der Waals surface area (Å²) < 4.78 is 19.4. The Balaban J connectivity index is 1.05. The maximum absolute atomic E-state index is 14.3. The number of ether oxygens (including phenoxy) is 1. The quantitative estimate of drug-likeness (QED) is 0.164. The number of nitrogens with one attached hydrogen (secondary N) is 1. The zero-order chi connectivity index (χ0) is 32.9. The predicted octanol–water partition coefficient (Wildman–Crippen LogP) is 6.63. The fraction of sp³-hybridized carbons (Fsp3) is 0.359. The van der Waals surface area contributed by atoms with Gasteiger partial charge in [0.25, 0.3) is 0 Å². The molecule has 2 aliphatic rings. The van der Waals surface area contributed by atoms with Crippen molar-refractivity contribution in [3.8, 4) is 5.75 Å². The number of H-pyrrole nitrogens is 1. The van der Waals surface area contributed by atoms with E-state index in [1.807, 2.05) is 77.8 Å². The van der Waals surface area contributed by atoms with E-state index in [1.54, 1.807) is 7.11 Å². The Morgan fingerprint density at radius 2 is 1.73 bits per heavy atom. The lowest BCUT2D eigenvalue weighted by atomic mass is 9.77. The van der Waals surface area contributed by atoms with Crippen LogP contribution in [0.1, 0.15) is 42.5 Å². The Morgan fingerprint density at radius 3 is 2.50 bits per heavy atom. The molecule has 1 atom stereocenters. The number of amides is 1. The standard InChI is InChI=1S/C39H43FN6O2/c1-48-36-12-5-2-8-30(36)27-45-25-20-39(37(45)47,26-29-13-15-31(40)16-14-29)19-24-44-22-17-33(18-23-44)46(28-32-9-6-7-21-41-32)38-42-34-10-3-4-11-35(34)43-38/h2-16,21,33H,17-20,22-28H2,1H3,(H,42,43). The first-order valence-electron chi connectivity index (χ1n) is 17.0. The normalized spacial score (nSPS) is 18.9. The highest BCUT2D eigenvalue weighted by Gasteiger charge is 2.46. The van der Waals surface area contributed by atoms with Crippen LogP contribution < -0.4 is 9.64 Å². The number of carbonyl (C=O) groups is 1. The minimum Gasteiger partial charge on any atom is -0.496 e. The third kappa shape index (κ3) is 6.92. The molecule has 4 heterocycles. The van der Waals surface area contributed by atoms with Crippen molar-refractivity contribution in [1.82, 2.24) is 24.8 Å². The first-order chi connectivity index (χ1) is 23.5. The van der Waals surface area contributed by atoms with E-state index >= 15 is 0 Å². The molecule has 0 aliphatic carbocycles. The summed E-state index contributed by atoms with van der Waals surface area (Å²) in [6, 6.07) is 29.1. The summed E-state index contributed by atoms with van der Waals surface area (Å²) in [6.07, 6.45) is 5.97. The zero-order valence-electron chi connectivity index (χ0n) is 27.5. The van der Waals surface area contributed by atoms with Gasteiger partial charge < -0.3 is 24.4 Å². The Labute approximate surface area is 281 Å². The SMILES string of the molecule is COc1ccccc1CN1CCC(CCN2CCC(N(Cc3ccccn3)c3nc4ccccc4[nH]3)CC2)(Cc2ccc(F)cc2)C1=O. The van der Waals surface area contributed by atoms with E-state index < -0.39 is 5.41 Å². The number of benzene rings is 3. The Kier molecular flexibility index (Phi) is 9.38. The van der Waals surface area contributed by atoms with Crippen LogP contribution in [0.3, 0.4) is 0 Å². The van der Waals surface area contributed by atoms with Gasteiger partial charge in [-0.1, -0.05) is 48.5 Å². The molecule has 1 amide bonds. The lowest BCUT2D eigenvalue weighted by Crippen LogP contribution is -2.46. The van der Waals surface area contributed by atoms with Gasteiger partial charge in [0.2, 0.25) is 11.9 Å². The number of halogens is 1. The molecule has 2 saturated heterocycles. The van der Waals surface area contributed by atoms with Crippen molar-refractivity contribution < 1.29 is 13.9 Å². The molecule has 8 nitrogen and oxygen atoms in total. The van der Waals surface area contributed by atoms with Crippen LogP contribution in [-0.2, 0) is 24.3 Å². The molecule has 7 rings (SSSR count).